The van der Waals surface area contributed by atoms with Crippen molar-refractivity contribution in [2.24, 2.45) is 7.05 Å². The molecule has 0 aliphatic rings. The summed E-state index contributed by atoms with van der Waals surface area (Å²) < 4.78 is 37.2. The molecule has 2 aromatic carbocycles. The lowest BCUT2D eigenvalue weighted by atomic mass is 10.0. The number of aromatic nitrogens is 4. The molecule has 0 fully saturated rings. The van der Waals surface area contributed by atoms with Crippen molar-refractivity contribution >= 4 is 43.2 Å². The number of benzene rings is 2. The van der Waals surface area contributed by atoms with E-state index in [4.69, 9.17) is 4.55 Å². The molecule has 4 aromatic rings. The Morgan fingerprint density at radius 2 is 1.70 bits per heavy atom. The summed E-state index contributed by atoms with van der Waals surface area (Å²) in [5.41, 5.74) is 0.105. The summed E-state index contributed by atoms with van der Waals surface area (Å²) in [5, 5.41) is 0. The molecule has 0 aliphatic carbocycles. The maximum Gasteiger partial charge on any atom is 0.333 e. The molecule has 2 N–H and O–H groups in total. The van der Waals surface area contributed by atoms with Crippen LogP contribution < -0.4 is 16.0 Å². The third-order valence-corrected chi connectivity index (χ3v) is 7.09. The van der Waals surface area contributed by atoms with Gasteiger partial charge in [-0.2, -0.15) is 13.1 Å². The van der Waals surface area contributed by atoms with Crippen LogP contribution in [0.2, 0.25) is 0 Å². The van der Waals surface area contributed by atoms with E-state index >= 15 is 0 Å². The monoisotopic (exact) mass is 589 g/mol. The molecule has 0 saturated heterocycles. The standard InChI is InChI=1S/C24H24BrN5O6S/c1-28-21-20(22(32)29(24(28)33)15-19(31)17-11-6-3-7-12-17)30(23(25)27-21)18(16-9-4-2-5-10-16)13-8-14-26-37(34,35)36/h2-7,9-12,18,26H,8,13-15H2,1H3,(H,34,35,36). The SMILES string of the molecule is Cn1c(=O)n(CC(=O)c2ccccc2)c(=O)c2c1nc(Br)n2C(CCCNS(=O)(=O)O)c1ccccc1. The van der Waals surface area contributed by atoms with Gasteiger partial charge < -0.3 is 4.57 Å². The Balaban J connectivity index is 1.83. The highest BCUT2D eigenvalue weighted by Crippen LogP contribution is 2.30. The number of nitrogens with zero attached hydrogens (tertiary/aromatic N) is 4. The van der Waals surface area contributed by atoms with Crippen molar-refractivity contribution in [2.45, 2.75) is 25.4 Å². The van der Waals surface area contributed by atoms with Gasteiger partial charge in [0.15, 0.2) is 21.7 Å². The second kappa shape index (κ2) is 10.9. The summed E-state index contributed by atoms with van der Waals surface area (Å²) in [4.78, 5) is 44.0. The van der Waals surface area contributed by atoms with Gasteiger partial charge in [-0.15, -0.1) is 0 Å². The van der Waals surface area contributed by atoms with E-state index in [0.29, 0.717) is 23.1 Å². The Kier molecular flexibility index (Phi) is 7.87. The fourth-order valence-corrected chi connectivity index (χ4v) is 5.21. The number of Topliss-reactive ketones (excluding diaryl/α,β-unsaturated/α-hetero) is 1. The van der Waals surface area contributed by atoms with Gasteiger partial charge in [-0.25, -0.2) is 9.78 Å². The predicted octanol–water partition coefficient (Wildman–Crippen LogP) is 2.30. The Morgan fingerprint density at radius 1 is 1.08 bits per heavy atom. The molecular formula is C24H24BrN5O6S. The summed E-state index contributed by atoms with van der Waals surface area (Å²) in [7, 11) is -2.87. The van der Waals surface area contributed by atoms with Crippen molar-refractivity contribution < 1.29 is 17.8 Å². The summed E-state index contributed by atoms with van der Waals surface area (Å²) in [6.45, 7) is -0.469. The van der Waals surface area contributed by atoms with Crippen molar-refractivity contribution in [2.75, 3.05) is 6.54 Å². The lowest BCUT2D eigenvalue weighted by molar-refractivity contribution is 0.0969. The molecule has 1 atom stereocenters. The van der Waals surface area contributed by atoms with Gasteiger partial charge in [-0.1, -0.05) is 60.7 Å². The van der Waals surface area contributed by atoms with E-state index < -0.39 is 34.1 Å². The Morgan fingerprint density at radius 3 is 2.32 bits per heavy atom. The van der Waals surface area contributed by atoms with E-state index in [2.05, 4.69) is 20.9 Å². The minimum atomic E-state index is -4.34. The molecule has 4 rings (SSSR count). The summed E-state index contributed by atoms with van der Waals surface area (Å²) in [6.07, 6.45) is 0.680. The first kappa shape index (κ1) is 26.7. The van der Waals surface area contributed by atoms with Crippen LogP contribution in [-0.4, -0.2) is 44.0 Å². The summed E-state index contributed by atoms with van der Waals surface area (Å²) >= 11 is 3.42. The van der Waals surface area contributed by atoms with Crippen molar-refractivity contribution in [3.63, 3.8) is 0 Å². The maximum atomic E-state index is 13.7. The van der Waals surface area contributed by atoms with E-state index in [-0.39, 0.29) is 23.5 Å². The molecule has 13 heteroatoms. The Hall–Kier alpha value is -3.39. The van der Waals surface area contributed by atoms with E-state index in [1.54, 1.807) is 34.9 Å². The molecule has 194 valence electrons. The zero-order chi connectivity index (χ0) is 26.7. The van der Waals surface area contributed by atoms with Crippen molar-refractivity contribution in [3.05, 3.63) is 97.4 Å². The number of hydrogen-bond donors (Lipinski definition) is 2. The first-order chi connectivity index (χ1) is 17.6. The molecule has 11 nitrogen and oxygen atoms in total. The summed E-state index contributed by atoms with van der Waals surface area (Å²) in [5.74, 6) is -0.389. The third-order valence-electron chi connectivity index (χ3n) is 5.97. The number of halogens is 1. The third kappa shape index (κ3) is 5.80. The molecule has 0 aliphatic heterocycles. The molecule has 1 unspecified atom stereocenters. The van der Waals surface area contributed by atoms with Gasteiger partial charge in [0.25, 0.3) is 5.56 Å². The highest BCUT2D eigenvalue weighted by Gasteiger charge is 2.26. The molecule has 0 spiro atoms. The van der Waals surface area contributed by atoms with Gasteiger partial charge in [-0.05, 0) is 34.3 Å². The molecule has 0 amide bonds. The molecule has 0 bridgehead atoms. The van der Waals surface area contributed by atoms with Crippen molar-refractivity contribution in [3.8, 4) is 0 Å². The maximum absolute atomic E-state index is 13.7. The normalized spacial score (nSPS) is 12.6. The fraction of sp³-hybridized carbons (Fsp3) is 0.250. The smallest absolute Gasteiger partial charge is 0.305 e. The van der Waals surface area contributed by atoms with Crippen LogP contribution in [0.15, 0.2) is 75.0 Å². The summed E-state index contributed by atoms with van der Waals surface area (Å²) in [6, 6.07) is 17.1. The van der Waals surface area contributed by atoms with Crippen LogP contribution >= 0.6 is 15.9 Å². The van der Waals surface area contributed by atoms with Crippen LogP contribution in [0, 0.1) is 0 Å². The predicted molar refractivity (Wildman–Crippen MR) is 141 cm³/mol. The first-order valence-electron chi connectivity index (χ1n) is 11.3. The highest BCUT2D eigenvalue weighted by molar-refractivity contribution is 9.10. The van der Waals surface area contributed by atoms with Gasteiger partial charge in [0.1, 0.15) is 0 Å². The first-order valence-corrected chi connectivity index (χ1v) is 13.5. The number of ketones is 1. The number of fused-ring (bicyclic) bond motifs is 1. The van der Waals surface area contributed by atoms with Crippen LogP contribution in [0.3, 0.4) is 0 Å². The average Bonchev–Trinajstić information content (AvgIpc) is 3.22. The van der Waals surface area contributed by atoms with E-state index in [0.717, 1.165) is 10.1 Å². The number of carbonyl (C=O) groups is 1. The number of rotatable bonds is 10. The zero-order valence-electron chi connectivity index (χ0n) is 19.7. The Bertz CT molecular complexity index is 1660. The van der Waals surface area contributed by atoms with Crippen LogP contribution in [0.5, 0.6) is 0 Å². The van der Waals surface area contributed by atoms with Gasteiger partial charge in [-0.3, -0.25) is 23.3 Å². The molecule has 0 radical (unpaired) electrons. The second-order valence-electron chi connectivity index (χ2n) is 8.38. The van der Waals surface area contributed by atoms with E-state index in [9.17, 15) is 22.8 Å². The minimum absolute atomic E-state index is 0.0271. The quantitative estimate of drug-likeness (QED) is 0.125. The fourth-order valence-electron chi connectivity index (χ4n) is 4.21. The number of hydrogen-bond acceptors (Lipinski definition) is 6. The van der Waals surface area contributed by atoms with Crippen LogP contribution in [0.25, 0.3) is 11.2 Å². The Labute approximate surface area is 220 Å². The second-order valence-corrected chi connectivity index (χ2v) is 10.3. The van der Waals surface area contributed by atoms with Crippen molar-refractivity contribution in [1.29, 1.82) is 0 Å². The zero-order valence-corrected chi connectivity index (χ0v) is 22.1. The molecule has 37 heavy (non-hydrogen) atoms. The largest absolute Gasteiger partial charge is 0.333 e. The van der Waals surface area contributed by atoms with Crippen LogP contribution in [-0.2, 0) is 23.9 Å². The molecule has 2 heterocycles. The number of carbonyl (C=O) groups excluding carboxylic acids is 1. The van der Waals surface area contributed by atoms with Crippen LogP contribution in [0.1, 0.15) is 34.8 Å². The molecule has 0 saturated carbocycles. The molecule has 2 aromatic heterocycles. The number of imidazole rings is 1. The lowest BCUT2D eigenvalue weighted by Crippen LogP contribution is -2.41. The number of nitrogens with one attached hydrogen (secondary N) is 1. The number of aryl methyl sites for hydroxylation is 1. The lowest BCUT2D eigenvalue weighted by Gasteiger charge is -2.21. The van der Waals surface area contributed by atoms with Gasteiger partial charge >= 0.3 is 16.0 Å². The van der Waals surface area contributed by atoms with Gasteiger partial charge in [0.2, 0.25) is 0 Å². The highest BCUT2D eigenvalue weighted by atomic mass is 79.9. The minimum Gasteiger partial charge on any atom is -0.305 e. The van der Waals surface area contributed by atoms with E-state index in [1.165, 1.54) is 11.6 Å². The average molecular weight is 590 g/mol. The van der Waals surface area contributed by atoms with Gasteiger partial charge in [0, 0.05) is 19.2 Å². The topological polar surface area (TPSA) is 145 Å². The molecular weight excluding hydrogens is 566 g/mol. The van der Waals surface area contributed by atoms with Crippen LogP contribution in [0.4, 0.5) is 0 Å². The van der Waals surface area contributed by atoms with Gasteiger partial charge in [0.05, 0.1) is 12.6 Å². The van der Waals surface area contributed by atoms with Crippen molar-refractivity contribution in [1.82, 2.24) is 23.4 Å². The van der Waals surface area contributed by atoms with E-state index in [1.807, 2.05) is 35.1 Å².